The van der Waals surface area contributed by atoms with Crippen molar-refractivity contribution in [3.63, 3.8) is 0 Å². The monoisotopic (exact) mass is 392 g/mol. The van der Waals surface area contributed by atoms with Crippen LogP contribution in [0.2, 0.25) is 5.02 Å². The van der Waals surface area contributed by atoms with E-state index >= 15 is 0 Å². The molecule has 9 nitrogen and oxygen atoms in total. The van der Waals surface area contributed by atoms with Gasteiger partial charge < -0.3 is 10.7 Å². The number of benzene rings is 1. The number of nitrogens with two attached hydrogens (primary N) is 1. The lowest BCUT2D eigenvalue weighted by molar-refractivity contribution is -0.119. The maximum atomic E-state index is 12.3. The molecule has 0 aliphatic heterocycles. The van der Waals surface area contributed by atoms with Gasteiger partial charge in [0.15, 0.2) is 10.8 Å². The summed E-state index contributed by atoms with van der Waals surface area (Å²) in [6.07, 6.45) is 1.40. The van der Waals surface area contributed by atoms with Gasteiger partial charge in [-0.2, -0.15) is 5.10 Å². The largest absolute Gasteiger partial charge is 0.351 e. The molecule has 0 fully saturated rings. The van der Waals surface area contributed by atoms with Gasteiger partial charge in [0.05, 0.1) is 17.1 Å². The molecule has 26 heavy (non-hydrogen) atoms. The van der Waals surface area contributed by atoms with Crippen LogP contribution in [-0.4, -0.2) is 36.9 Å². The summed E-state index contributed by atoms with van der Waals surface area (Å²) in [5.74, 6) is -0.589. The molecule has 1 atom stereocenters. The van der Waals surface area contributed by atoms with Gasteiger partial charge in [-0.25, -0.2) is 14.5 Å². The third-order valence-corrected chi connectivity index (χ3v) is 4.59. The Bertz CT molecular complexity index is 1060. The van der Waals surface area contributed by atoms with Gasteiger partial charge >= 0.3 is 6.03 Å². The molecule has 0 bridgehead atoms. The third kappa shape index (κ3) is 3.70. The molecule has 0 aliphatic rings. The highest BCUT2D eigenvalue weighted by Crippen LogP contribution is 2.22. The molecule has 2 heterocycles. The molecule has 0 saturated heterocycles. The highest BCUT2D eigenvalue weighted by atomic mass is 35.5. The predicted octanol–water partition coefficient (Wildman–Crippen LogP) is 1.44. The van der Waals surface area contributed by atoms with Gasteiger partial charge in [0, 0.05) is 5.02 Å². The van der Waals surface area contributed by atoms with Crippen molar-refractivity contribution in [2.24, 2.45) is 5.73 Å². The lowest BCUT2D eigenvalue weighted by Crippen LogP contribution is -2.39. The molecular weight excluding hydrogens is 380 g/mol. The number of urea groups is 1. The lowest BCUT2D eigenvalue weighted by Gasteiger charge is -2.09. The van der Waals surface area contributed by atoms with Crippen LogP contribution >= 0.6 is 23.4 Å². The van der Waals surface area contributed by atoms with Crippen LogP contribution in [0.3, 0.4) is 0 Å². The Labute approximate surface area is 155 Å². The van der Waals surface area contributed by atoms with Crippen molar-refractivity contribution in [1.29, 1.82) is 0 Å². The number of hydrogen-bond donors (Lipinski definition) is 3. The minimum absolute atomic E-state index is 0.207. The number of fused-ring (bicyclic) bond motifs is 1. The fourth-order valence-electron chi connectivity index (χ4n) is 2.19. The normalized spacial score (nSPS) is 12.1. The van der Waals surface area contributed by atoms with Crippen molar-refractivity contribution in [3.8, 4) is 5.69 Å². The van der Waals surface area contributed by atoms with E-state index in [9.17, 15) is 14.4 Å². The highest BCUT2D eigenvalue weighted by molar-refractivity contribution is 8.00. The first-order valence-electron chi connectivity index (χ1n) is 7.36. The Morgan fingerprint density at radius 2 is 2.19 bits per heavy atom. The van der Waals surface area contributed by atoms with Crippen LogP contribution in [0.4, 0.5) is 4.79 Å². The van der Waals surface area contributed by atoms with E-state index in [4.69, 9.17) is 17.3 Å². The number of H-pyrrole nitrogens is 1. The Kier molecular flexibility index (Phi) is 4.96. The van der Waals surface area contributed by atoms with Crippen molar-refractivity contribution in [2.75, 3.05) is 0 Å². The number of carbonyl (C=O) groups is 2. The topological polar surface area (TPSA) is 136 Å². The van der Waals surface area contributed by atoms with Gasteiger partial charge in [-0.15, -0.1) is 0 Å². The number of thioether (sulfide) groups is 1. The molecule has 3 aromatic rings. The highest BCUT2D eigenvalue weighted by Gasteiger charge is 2.19. The van der Waals surface area contributed by atoms with Crippen LogP contribution < -0.4 is 16.6 Å². The number of primary amides is 1. The maximum absolute atomic E-state index is 12.3. The van der Waals surface area contributed by atoms with Crippen LogP contribution in [0.25, 0.3) is 16.7 Å². The minimum Gasteiger partial charge on any atom is -0.351 e. The lowest BCUT2D eigenvalue weighted by atomic mass is 10.3. The van der Waals surface area contributed by atoms with E-state index in [-0.39, 0.29) is 5.16 Å². The number of nitrogens with one attached hydrogen (secondary N) is 2. The molecular formula is C15H13ClN6O3S. The average Bonchev–Trinajstić information content (AvgIpc) is 2.98. The second kappa shape index (κ2) is 7.18. The fraction of sp³-hybridized carbons (Fsp3) is 0.133. The molecule has 3 amide bonds. The first-order valence-corrected chi connectivity index (χ1v) is 8.62. The first kappa shape index (κ1) is 18.0. The Morgan fingerprint density at radius 3 is 2.88 bits per heavy atom. The molecule has 0 aliphatic carbocycles. The van der Waals surface area contributed by atoms with Crippen LogP contribution in [0, 0.1) is 0 Å². The Balaban J connectivity index is 1.99. The van der Waals surface area contributed by atoms with Gasteiger partial charge in [-0.1, -0.05) is 29.4 Å². The summed E-state index contributed by atoms with van der Waals surface area (Å²) in [6.45, 7) is 1.56. The number of hydrogen-bond acceptors (Lipinski definition) is 6. The number of imide groups is 1. The number of aromatic amines is 1. The van der Waals surface area contributed by atoms with Crippen LogP contribution in [0.15, 0.2) is 40.4 Å². The summed E-state index contributed by atoms with van der Waals surface area (Å²) >= 11 is 6.98. The van der Waals surface area contributed by atoms with E-state index < -0.39 is 22.7 Å². The van der Waals surface area contributed by atoms with Crippen molar-refractivity contribution < 1.29 is 9.59 Å². The van der Waals surface area contributed by atoms with Crippen LogP contribution in [0.5, 0.6) is 0 Å². The number of amides is 3. The first-order chi connectivity index (χ1) is 12.3. The summed E-state index contributed by atoms with van der Waals surface area (Å²) in [7, 11) is 0. The zero-order valence-corrected chi connectivity index (χ0v) is 15.0. The minimum atomic E-state index is -0.946. The summed E-state index contributed by atoms with van der Waals surface area (Å²) < 4.78 is 1.48. The van der Waals surface area contributed by atoms with E-state index in [1.165, 1.54) is 10.9 Å². The van der Waals surface area contributed by atoms with E-state index in [0.717, 1.165) is 11.8 Å². The van der Waals surface area contributed by atoms with Gasteiger partial charge in [0.1, 0.15) is 5.39 Å². The molecule has 0 spiro atoms. The SMILES string of the molecule is CC(Sc1nc2c(cnn2-c2cccc(Cl)c2)c(=O)[nH]1)C(=O)NC(N)=O. The smallest absolute Gasteiger partial charge is 0.318 e. The molecule has 134 valence electrons. The predicted molar refractivity (Wildman–Crippen MR) is 97.5 cm³/mol. The maximum Gasteiger partial charge on any atom is 0.318 e. The Morgan fingerprint density at radius 1 is 1.42 bits per heavy atom. The van der Waals surface area contributed by atoms with Crippen molar-refractivity contribution in [1.82, 2.24) is 25.1 Å². The van der Waals surface area contributed by atoms with E-state index in [1.807, 2.05) is 5.32 Å². The number of carbonyl (C=O) groups excluding carboxylic acids is 2. The number of rotatable bonds is 4. The third-order valence-electron chi connectivity index (χ3n) is 3.37. The van der Waals surface area contributed by atoms with Gasteiger partial charge in [0.2, 0.25) is 5.91 Å². The fourth-order valence-corrected chi connectivity index (χ4v) is 3.17. The summed E-state index contributed by atoms with van der Waals surface area (Å²) in [5.41, 5.74) is 5.49. The van der Waals surface area contributed by atoms with Gasteiger partial charge in [-0.3, -0.25) is 14.9 Å². The molecule has 3 rings (SSSR count). The van der Waals surface area contributed by atoms with Gasteiger partial charge in [0.25, 0.3) is 5.56 Å². The summed E-state index contributed by atoms with van der Waals surface area (Å²) in [4.78, 5) is 41.8. The van der Waals surface area contributed by atoms with Crippen molar-refractivity contribution in [2.45, 2.75) is 17.3 Å². The second-order valence-corrected chi connectivity index (χ2v) is 7.02. The van der Waals surface area contributed by atoms with E-state index in [0.29, 0.717) is 21.7 Å². The second-order valence-electron chi connectivity index (χ2n) is 5.26. The molecule has 1 aromatic carbocycles. The zero-order chi connectivity index (χ0) is 18.8. The van der Waals surface area contributed by atoms with Gasteiger partial charge in [-0.05, 0) is 25.1 Å². The molecule has 11 heteroatoms. The van der Waals surface area contributed by atoms with Crippen LogP contribution in [-0.2, 0) is 4.79 Å². The van der Waals surface area contributed by atoms with E-state index in [2.05, 4.69) is 15.1 Å². The summed E-state index contributed by atoms with van der Waals surface area (Å²) in [6, 6.07) is 5.99. The molecule has 1 unspecified atom stereocenters. The van der Waals surface area contributed by atoms with Crippen molar-refractivity contribution >= 4 is 46.3 Å². The quantitative estimate of drug-likeness (QED) is 0.454. The Hall–Kier alpha value is -2.85. The molecule has 0 radical (unpaired) electrons. The number of halogens is 1. The van der Waals surface area contributed by atoms with Crippen LogP contribution in [0.1, 0.15) is 6.92 Å². The zero-order valence-electron chi connectivity index (χ0n) is 13.4. The van der Waals surface area contributed by atoms with Crippen molar-refractivity contribution in [3.05, 3.63) is 45.8 Å². The van der Waals surface area contributed by atoms with E-state index in [1.54, 1.807) is 31.2 Å². The molecule has 4 N–H and O–H groups in total. The average molecular weight is 393 g/mol. The molecule has 0 saturated carbocycles. The summed E-state index contributed by atoms with van der Waals surface area (Å²) in [5, 5.41) is 6.48. The number of nitrogens with zero attached hydrogens (tertiary/aromatic N) is 3. The number of aromatic nitrogens is 4. The molecule has 2 aromatic heterocycles. The standard InChI is InChI=1S/C15H13ClN6O3S/c1-7(12(23)20-14(17)25)26-15-19-11-10(13(24)21-15)6-18-22(11)9-4-2-3-8(16)5-9/h2-7H,1H3,(H,19,21,24)(H3,17,20,23,25).